The second-order valence-electron chi connectivity index (χ2n) is 7.21. The molecule has 1 fully saturated rings. The largest absolute Gasteiger partial charge is 0.496 e. The van der Waals surface area contributed by atoms with Gasteiger partial charge < -0.3 is 14.8 Å². The minimum atomic E-state index is -3.58. The Kier molecular flexibility index (Phi) is 8.00. The lowest BCUT2D eigenvalue weighted by atomic mass is 10.2. The summed E-state index contributed by atoms with van der Waals surface area (Å²) in [6.45, 7) is 0.324. The smallest absolute Gasteiger partial charge is 0.311 e. The molecular formula is C20H23N3O8S2. The van der Waals surface area contributed by atoms with Crippen LogP contribution < -0.4 is 10.1 Å². The summed E-state index contributed by atoms with van der Waals surface area (Å²) in [7, 11) is -2.22. The Bertz CT molecular complexity index is 1140. The molecule has 0 aliphatic carbocycles. The molecule has 0 saturated carbocycles. The van der Waals surface area contributed by atoms with Gasteiger partial charge in [-0.1, -0.05) is 6.42 Å². The van der Waals surface area contributed by atoms with Gasteiger partial charge in [0.05, 0.1) is 24.5 Å². The van der Waals surface area contributed by atoms with Gasteiger partial charge >= 0.3 is 5.97 Å². The summed E-state index contributed by atoms with van der Waals surface area (Å²) in [5.41, 5.74) is -0.428. The fourth-order valence-electron chi connectivity index (χ4n) is 3.25. The van der Waals surface area contributed by atoms with Crippen molar-refractivity contribution < 1.29 is 32.4 Å². The number of esters is 1. The van der Waals surface area contributed by atoms with Crippen LogP contribution in [0.3, 0.4) is 0 Å². The van der Waals surface area contributed by atoms with Gasteiger partial charge in [-0.15, -0.1) is 11.3 Å². The molecule has 1 aromatic carbocycles. The van der Waals surface area contributed by atoms with Crippen LogP contribution in [0.25, 0.3) is 0 Å². The molecule has 0 atom stereocenters. The molecule has 2 aromatic rings. The Morgan fingerprint density at radius 2 is 1.91 bits per heavy atom. The molecule has 0 radical (unpaired) electrons. The van der Waals surface area contributed by atoms with Crippen LogP contribution in [-0.4, -0.2) is 56.3 Å². The number of carbonyl (C=O) groups excluding carboxylic acids is 2. The van der Waals surface area contributed by atoms with Gasteiger partial charge in [0, 0.05) is 18.0 Å². The molecule has 3 rings (SSSR count). The van der Waals surface area contributed by atoms with Gasteiger partial charge in [-0.05, 0) is 37.1 Å². The van der Waals surface area contributed by atoms with Gasteiger partial charge in [0.25, 0.3) is 21.6 Å². The topological polar surface area (TPSA) is 145 Å². The van der Waals surface area contributed by atoms with Crippen LogP contribution >= 0.6 is 11.3 Å². The predicted molar refractivity (Wildman–Crippen MR) is 120 cm³/mol. The van der Waals surface area contributed by atoms with Gasteiger partial charge in [0.15, 0.2) is 6.61 Å². The predicted octanol–water partition coefficient (Wildman–Crippen LogP) is 2.56. The number of anilines is 1. The lowest BCUT2D eigenvalue weighted by Crippen LogP contribution is -2.35. The van der Waals surface area contributed by atoms with Gasteiger partial charge in [0.1, 0.15) is 15.6 Å². The third-order valence-electron chi connectivity index (χ3n) is 4.90. The molecule has 0 spiro atoms. The van der Waals surface area contributed by atoms with E-state index in [1.807, 2.05) is 0 Å². The van der Waals surface area contributed by atoms with E-state index in [0.717, 1.165) is 36.7 Å². The van der Waals surface area contributed by atoms with Crippen molar-refractivity contribution in [3.63, 3.8) is 0 Å². The molecule has 1 aliphatic heterocycles. The van der Waals surface area contributed by atoms with E-state index in [-0.39, 0.29) is 27.8 Å². The van der Waals surface area contributed by atoms with Crippen LogP contribution in [0.15, 0.2) is 34.5 Å². The first-order valence-corrected chi connectivity index (χ1v) is 12.3. The summed E-state index contributed by atoms with van der Waals surface area (Å²) in [6.07, 6.45) is 2.46. The van der Waals surface area contributed by atoms with Crippen molar-refractivity contribution in [3.8, 4) is 5.75 Å². The molecule has 0 bridgehead atoms. The van der Waals surface area contributed by atoms with Crippen molar-refractivity contribution in [2.24, 2.45) is 0 Å². The minimum Gasteiger partial charge on any atom is -0.496 e. The average molecular weight is 498 g/mol. The number of amides is 1. The van der Waals surface area contributed by atoms with Crippen molar-refractivity contribution in [1.82, 2.24) is 4.31 Å². The number of nitro benzene ring substituents is 1. The number of rotatable bonds is 9. The molecule has 2 heterocycles. The maximum atomic E-state index is 12.7. The zero-order valence-corrected chi connectivity index (χ0v) is 19.4. The van der Waals surface area contributed by atoms with Crippen molar-refractivity contribution in [2.45, 2.75) is 29.9 Å². The summed E-state index contributed by atoms with van der Waals surface area (Å²) in [5.74, 6) is -1.22. The first kappa shape index (κ1) is 24.6. The fourth-order valence-corrected chi connectivity index (χ4v) is 6.26. The number of carbonyl (C=O) groups is 2. The Morgan fingerprint density at radius 1 is 1.18 bits per heavy atom. The number of nitro groups is 1. The lowest BCUT2D eigenvalue weighted by molar-refractivity contribution is -0.384. The normalized spacial score (nSPS) is 14.5. The van der Waals surface area contributed by atoms with E-state index in [1.54, 1.807) is 6.07 Å². The van der Waals surface area contributed by atoms with E-state index in [1.165, 1.54) is 29.6 Å². The van der Waals surface area contributed by atoms with Crippen LogP contribution in [0.4, 0.5) is 11.4 Å². The first-order chi connectivity index (χ1) is 15.7. The molecule has 178 valence electrons. The number of thiophene rings is 1. The van der Waals surface area contributed by atoms with E-state index in [2.05, 4.69) is 5.32 Å². The maximum absolute atomic E-state index is 12.7. The highest BCUT2D eigenvalue weighted by Gasteiger charge is 2.27. The monoisotopic (exact) mass is 497 g/mol. The van der Waals surface area contributed by atoms with E-state index in [0.29, 0.717) is 18.0 Å². The molecule has 1 amide bonds. The van der Waals surface area contributed by atoms with Crippen LogP contribution in [0.1, 0.15) is 24.1 Å². The van der Waals surface area contributed by atoms with Gasteiger partial charge in [-0.25, -0.2) is 8.42 Å². The number of hydrogen-bond donors (Lipinski definition) is 1. The number of nitrogens with zero attached hydrogens (tertiary/aromatic N) is 2. The Balaban J connectivity index is 1.54. The van der Waals surface area contributed by atoms with Crippen molar-refractivity contribution in [2.75, 3.05) is 32.1 Å². The molecule has 1 saturated heterocycles. The summed E-state index contributed by atoms with van der Waals surface area (Å²) >= 11 is 0.989. The fraction of sp³-hybridized carbons (Fsp3) is 0.400. The van der Waals surface area contributed by atoms with Gasteiger partial charge in [0.2, 0.25) is 0 Å². The number of sulfonamides is 1. The summed E-state index contributed by atoms with van der Waals surface area (Å²) in [6, 6.07) is 6.93. The number of methoxy groups -OCH3 is 1. The first-order valence-electron chi connectivity index (χ1n) is 10.1. The van der Waals surface area contributed by atoms with Gasteiger partial charge in [-0.2, -0.15) is 4.31 Å². The number of benzene rings is 1. The molecule has 1 N–H and O–H groups in total. The van der Waals surface area contributed by atoms with Crippen molar-refractivity contribution in [1.29, 1.82) is 0 Å². The zero-order chi connectivity index (χ0) is 24.0. The Hall–Kier alpha value is -3.03. The van der Waals surface area contributed by atoms with E-state index < -0.39 is 33.4 Å². The summed E-state index contributed by atoms with van der Waals surface area (Å²) in [4.78, 5) is 35.2. The Morgan fingerprint density at radius 3 is 2.58 bits per heavy atom. The molecule has 0 unspecified atom stereocenters. The summed E-state index contributed by atoms with van der Waals surface area (Å²) in [5, 5.41) is 13.5. The molecule has 1 aliphatic rings. The second-order valence-corrected chi connectivity index (χ2v) is 10.5. The number of piperidine rings is 1. The highest BCUT2D eigenvalue weighted by atomic mass is 32.2. The van der Waals surface area contributed by atoms with Crippen LogP contribution in [0, 0.1) is 10.1 Å². The highest BCUT2D eigenvalue weighted by molar-refractivity contribution is 7.91. The zero-order valence-electron chi connectivity index (χ0n) is 17.8. The molecular weight excluding hydrogens is 474 g/mol. The van der Waals surface area contributed by atoms with E-state index >= 15 is 0 Å². The highest BCUT2D eigenvalue weighted by Crippen LogP contribution is 2.29. The lowest BCUT2D eigenvalue weighted by Gasteiger charge is -2.25. The number of nitrogens with one attached hydrogen (secondary N) is 1. The van der Waals surface area contributed by atoms with Crippen LogP contribution in [0.2, 0.25) is 0 Å². The molecule has 13 heteroatoms. The van der Waals surface area contributed by atoms with Crippen LogP contribution in [-0.2, 0) is 30.8 Å². The van der Waals surface area contributed by atoms with Gasteiger partial charge in [-0.3, -0.25) is 19.7 Å². The van der Waals surface area contributed by atoms with Crippen molar-refractivity contribution in [3.05, 3.63) is 45.3 Å². The average Bonchev–Trinajstić information content (AvgIpc) is 3.27. The van der Waals surface area contributed by atoms with Crippen molar-refractivity contribution >= 4 is 44.6 Å². The second kappa shape index (κ2) is 10.7. The minimum absolute atomic E-state index is 0.0623. The molecule has 11 nitrogen and oxygen atoms in total. The third kappa shape index (κ3) is 6.27. The maximum Gasteiger partial charge on any atom is 0.311 e. The summed E-state index contributed by atoms with van der Waals surface area (Å²) < 4.78 is 36.9. The quantitative estimate of drug-likeness (QED) is 0.316. The van der Waals surface area contributed by atoms with E-state index in [4.69, 9.17) is 9.47 Å². The van der Waals surface area contributed by atoms with Crippen LogP contribution in [0.5, 0.6) is 5.75 Å². The molecule has 33 heavy (non-hydrogen) atoms. The number of hydrogen-bond acceptors (Lipinski definition) is 9. The standard InChI is InChI=1S/C20H23N3O8S2/c1-30-14-5-7-16(17(11-14)23(26)27)21-18(24)13-31-19(25)12-15-6-8-20(32-15)33(28,29)22-9-3-2-4-10-22/h5-8,11H,2-4,9-10,12-13H2,1H3,(H,21,24). The van der Waals surface area contributed by atoms with E-state index in [9.17, 15) is 28.1 Å². The SMILES string of the molecule is COc1ccc(NC(=O)COC(=O)Cc2ccc(S(=O)(=O)N3CCCCC3)s2)c([N+](=O)[O-])c1. The number of ether oxygens (including phenoxy) is 2. The molecule has 1 aromatic heterocycles. The Labute approximate surface area is 194 Å². The third-order valence-corrected chi connectivity index (χ3v) is 8.36.